The number of carbonyl (C=O) groups is 3. The Morgan fingerprint density at radius 2 is 1.89 bits per heavy atom. The van der Waals surface area contributed by atoms with Crippen LogP contribution in [-0.4, -0.2) is 96.8 Å². The normalized spacial score (nSPS) is 24.6. The number of aromatic nitrogens is 4. The lowest BCUT2D eigenvalue weighted by Gasteiger charge is -2.26. The first-order chi connectivity index (χ1) is 17.2. The Hall–Kier alpha value is -3.56. The molecule has 0 saturated carbocycles. The van der Waals surface area contributed by atoms with Crippen molar-refractivity contribution in [3.63, 3.8) is 0 Å². The van der Waals surface area contributed by atoms with Crippen molar-refractivity contribution in [3.8, 4) is 0 Å². The molecule has 0 bridgehead atoms. The van der Waals surface area contributed by atoms with Crippen molar-refractivity contribution in [2.24, 2.45) is 0 Å². The topological polar surface area (TPSA) is 193 Å². The highest BCUT2D eigenvalue weighted by Gasteiger charge is 2.56. The quantitative estimate of drug-likeness (QED) is 0.451. The molecule has 2 aromatic rings. The van der Waals surface area contributed by atoms with Crippen molar-refractivity contribution < 1.29 is 38.4 Å². The van der Waals surface area contributed by atoms with E-state index >= 15 is 0 Å². The molecule has 15 heteroatoms. The monoisotopic (exact) mass is 521 g/mol. The molecule has 2 aliphatic rings. The molecule has 2 aliphatic heterocycles. The largest absolute Gasteiger partial charge is 0.480 e. The number of hydrogen-bond donors (Lipinski definition) is 3. The van der Waals surface area contributed by atoms with Crippen molar-refractivity contribution in [2.75, 3.05) is 25.4 Å². The zero-order chi connectivity index (χ0) is 27.1. The number of rotatable bonds is 7. The fraction of sp³-hybridized carbons (Fsp3) is 0.636. The van der Waals surface area contributed by atoms with Gasteiger partial charge >= 0.3 is 12.1 Å². The van der Waals surface area contributed by atoms with Gasteiger partial charge in [-0.3, -0.25) is 19.1 Å². The number of ether oxygens (including phenoxy) is 4. The highest BCUT2D eigenvalue weighted by Crippen LogP contribution is 2.43. The second-order valence-electron chi connectivity index (χ2n) is 10.2. The summed E-state index contributed by atoms with van der Waals surface area (Å²) < 4.78 is 25.2. The Morgan fingerprint density at radius 3 is 2.57 bits per heavy atom. The number of carboxylic acids is 1. The molecule has 4 N–H and O–H groups in total. The van der Waals surface area contributed by atoms with Gasteiger partial charge < -0.3 is 35.1 Å². The van der Waals surface area contributed by atoms with Crippen LogP contribution >= 0.6 is 0 Å². The van der Waals surface area contributed by atoms with E-state index in [1.165, 1.54) is 12.7 Å². The highest BCUT2D eigenvalue weighted by molar-refractivity contribution is 5.85. The predicted octanol–water partition coefficient (Wildman–Crippen LogP) is 0.264. The van der Waals surface area contributed by atoms with Crippen molar-refractivity contribution in [1.29, 1.82) is 0 Å². The third kappa shape index (κ3) is 5.89. The van der Waals surface area contributed by atoms with E-state index in [2.05, 4.69) is 20.3 Å². The molecule has 2 saturated heterocycles. The van der Waals surface area contributed by atoms with Crippen LogP contribution in [0.3, 0.4) is 0 Å². The van der Waals surface area contributed by atoms with Gasteiger partial charge in [0, 0.05) is 6.54 Å². The molecule has 37 heavy (non-hydrogen) atoms. The fourth-order valence-corrected chi connectivity index (χ4v) is 4.22. The minimum absolute atomic E-state index is 0.00885. The van der Waals surface area contributed by atoms with Crippen LogP contribution in [0, 0.1) is 0 Å². The molecule has 0 unspecified atom stereocenters. The lowest BCUT2D eigenvalue weighted by Crippen LogP contribution is -2.47. The van der Waals surface area contributed by atoms with Crippen molar-refractivity contribution in [1.82, 2.24) is 29.7 Å². The van der Waals surface area contributed by atoms with Crippen LogP contribution in [0.5, 0.6) is 0 Å². The molecule has 15 nitrogen and oxygen atoms in total. The number of carboxylic acid groups (broad SMARTS) is 1. The number of carbonyl (C=O) groups excluding carboxylic acids is 2. The van der Waals surface area contributed by atoms with E-state index in [4.69, 9.17) is 29.8 Å². The number of nitrogens with two attached hydrogens (primary N) is 1. The number of amides is 2. The zero-order valence-corrected chi connectivity index (χ0v) is 21.2. The maximum atomic E-state index is 12.7. The van der Waals surface area contributed by atoms with Crippen LogP contribution in [0.25, 0.3) is 11.2 Å². The number of nitrogens with zero attached hydrogens (tertiary/aromatic N) is 5. The molecule has 4 rings (SSSR count). The molecule has 202 valence electrons. The zero-order valence-electron chi connectivity index (χ0n) is 21.2. The molecule has 2 aromatic heterocycles. The number of fused-ring (bicyclic) bond motifs is 2. The second-order valence-corrected chi connectivity index (χ2v) is 10.2. The number of anilines is 1. The van der Waals surface area contributed by atoms with E-state index in [1.54, 1.807) is 39.2 Å². The lowest BCUT2D eigenvalue weighted by molar-refractivity contribution is -0.195. The summed E-state index contributed by atoms with van der Waals surface area (Å²) in [6, 6.07) is 0. The van der Waals surface area contributed by atoms with E-state index in [0.717, 1.165) is 4.90 Å². The van der Waals surface area contributed by atoms with Crippen LogP contribution in [-0.2, 0) is 28.5 Å². The molecular weight excluding hydrogens is 490 g/mol. The summed E-state index contributed by atoms with van der Waals surface area (Å²) in [5.74, 6) is -2.55. The van der Waals surface area contributed by atoms with E-state index in [0.29, 0.717) is 11.2 Å². The smallest absolute Gasteiger partial charge is 0.411 e. The van der Waals surface area contributed by atoms with E-state index in [1.807, 2.05) is 0 Å². The summed E-state index contributed by atoms with van der Waals surface area (Å²) in [5, 5.41) is 11.8. The molecule has 4 atom stereocenters. The number of aliphatic carboxylic acids is 1. The van der Waals surface area contributed by atoms with Crippen molar-refractivity contribution >= 4 is 35.0 Å². The summed E-state index contributed by atoms with van der Waals surface area (Å²) in [4.78, 5) is 49.6. The van der Waals surface area contributed by atoms with E-state index < -0.39 is 67.0 Å². The summed E-state index contributed by atoms with van der Waals surface area (Å²) in [5.41, 5.74) is 5.92. The maximum absolute atomic E-state index is 12.7. The first-order valence-corrected chi connectivity index (χ1v) is 11.6. The van der Waals surface area contributed by atoms with Gasteiger partial charge in [-0.15, -0.1) is 0 Å². The van der Waals surface area contributed by atoms with Crippen LogP contribution < -0.4 is 11.1 Å². The van der Waals surface area contributed by atoms with Crippen LogP contribution in [0.2, 0.25) is 0 Å². The SMILES string of the molecule is CC(C)(C)OC(=O)N(CC(=O)O)CC(=O)NC[C@H]1O[C@@H](n2cnc3c(N)ncnc32)[C@@H]2OC(C)(C)O[C@@H]21. The van der Waals surface area contributed by atoms with Gasteiger partial charge in [0.25, 0.3) is 0 Å². The van der Waals surface area contributed by atoms with Crippen molar-refractivity contribution in [3.05, 3.63) is 12.7 Å². The maximum Gasteiger partial charge on any atom is 0.411 e. The minimum Gasteiger partial charge on any atom is -0.480 e. The number of nitrogens with one attached hydrogen (secondary N) is 1. The summed E-state index contributed by atoms with van der Waals surface area (Å²) in [7, 11) is 0. The van der Waals surface area contributed by atoms with Crippen LogP contribution in [0.1, 0.15) is 40.8 Å². The van der Waals surface area contributed by atoms with Gasteiger partial charge in [0.15, 0.2) is 23.5 Å². The number of imidazole rings is 1. The fourth-order valence-electron chi connectivity index (χ4n) is 4.22. The molecule has 2 fully saturated rings. The van der Waals surface area contributed by atoms with Gasteiger partial charge in [0.05, 0.1) is 6.33 Å². The first-order valence-electron chi connectivity index (χ1n) is 11.6. The Balaban J connectivity index is 1.46. The molecule has 0 spiro atoms. The van der Waals surface area contributed by atoms with Gasteiger partial charge in [-0.05, 0) is 34.6 Å². The number of nitrogen functional groups attached to an aromatic ring is 1. The second kappa shape index (κ2) is 9.72. The Morgan fingerprint density at radius 1 is 1.19 bits per heavy atom. The summed E-state index contributed by atoms with van der Waals surface area (Å²) in [6.45, 7) is 7.27. The molecular formula is C22H31N7O8. The Labute approximate surface area is 212 Å². The molecule has 0 aromatic carbocycles. The highest BCUT2D eigenvalue weighted by atomic mass is 16.8. The van der Waals surface area contributed by atoms with Crippen molar-refractivity contribution in [2.45, 2.75) is 70.5 Å². The summed E-state index contributed by atoms with van der Waals surface area (Å²) in [6.07, 6.45) is -0.468. The van der Waals surface area contributed by atoms with E-state index in [9.17, 15) is 14.4 Å². The predicted molar refractivity (Wildman–Crippen MR) is 126 cm³/mol. The average molecular weight is 522 g/mol. The number of hydrogen-bond acceptors (Lipinski definition) is 11. The Bertz CT molecular complexity index is 1190. The third-order valence-corrected chi connectivity index (χ3v) is 5.60. The van der Waals surface area contributed by atoms with Gasteiger partial charge in [0.1, 0.15) is 48.8 Å². The van der Waals surface area contributed by atoms with Gasteiger partial charge in [0.2, 0.25) is 5.91 Å². The third-order valence-electron chi connectivity index (χ3n) is 5.60. The van der Waals surface area contributed by atoms with Gasteiger partial charge in [-0.1, -0.05) is 0 Å². The Kier molecular flexibility index (Phi) is 6.96. The van der Waals surface area contributed by atoms with Crippen LogP contribution in [0.15, 0.2) is 12.7 Å². The molecule has 0 radical (unpaired) electrons. The first kappa shape index (κ1) is 26.5. The lowest BCUT2D eigenvalue weighted by atomic mass is 10.1. The molecule has 0 aliphatic carbocycles. The minimum atomic E-state index is -1.28. The standard InChI is InChI=1S/C22H31N7O8/c1-21(2,3)37-20(33)28(8-13(31)32)7-12(30)24-6-11-15-16(36-22(4,5)35-15)19(34-11)29-10-27-14-17(23)25-9-26-18(14)29/h9-11,15-16,19H,6-8H2,1-5H3,(H,24,30)(H,31,32)(H2,23,25,26)/t11-,15-,16-,19-/m1/s1. The summed E-state index contributed by atoms with van der Waals surface area (Å²) >= 11 is 0. The molecule has 2 amide bonds. The van der Waals surface area contributed by atoms with Gasteiger partial charge in [-0.2, -0.15) is 0 Å². The van der Waals surface area contributed by atoms with Crippen LogP contribution in [0.4, 0.5) is 10.6 Å². The average Bonchev–Trinajstić information content (AvgIpc) is 3.42. The molecule has 4 heterocycles. The van der Waals surface area contributed by atoms with Gasteiger partial charge in [-0.25, -0.2) is 19.7 Å². The van der Waals surface area contributed by atoms with E-state index in [-0.39, 0.29) is 12.4 Å².